The highest BCUT2D eigenvalue weighted by Gasteiger charge is 2.30. The molecule has 1 aromatic heterocycles. The van der Waals surface area contributed by atoms with Crippen LogP contribution in [0.4, 0.5) is 0 Å². The molecule has 3 rings (SSSR count). The van der Waals surface area contributed by atoms with Gasteiger partial charge in [0.15, 0.2) is 0 Å². The Balaban J connectivity index is 1.77. The van der Waals surface area contributed by atoms with Crippen LogP contribution in [0.3, 0.4) is 0 Å². The molecule has 1 saturated heterocycles. The van der Waals surface area contributed by atoms with Gasteiger partial charge in [0.1, 0.15) is 10.6 Å². The Morgan fingerprint density at radius 1 is 1.17 bits per heavy atom. The monoisotopic (exact) mass is 353 g/mol. The Morgan fingerprint density at radius 3 is 2.50 bits per heavy atom. The lowest BCUT2D eigenvalue weighted by Crippen LogP contribution is -2.41. The fourth-order valence-corrected chi connectivity index (χ4v) is 5.34. The zero-order chi connectivity index (χ0) is 17.3. The minimum absolute atomic E-state index is 0.180. The highest BCUT2D eigenvalue weighted by molar-refractivity contribution is 7.89. The minimum atomic E-state index is -3.49. The summed E-state index contributed by atoms with van der Waals surface area (Å²) in [7, 11) is -1.76. The molecule has 2 aliphatic rings. The van der Waals surface area contributed by atoms with Crippen LogP contribution in [0.5, 0.6) is 0 Å². The first-order valence-electron chi connectivity index (χ1n) is 8.87. The molecule has 6 nitrogen and oxygen atoms in total. The normalized spacial score (nSPS) is 25.8. The maximum atomic E-state index is 12.6. The van der Waals surface area contributed by atoms with Crippen LogP contribution >= 0.6 is 0 Å². The van der Waals surface area contributed by atoms with E-state index in [0.29, 0.717) is 24.7 Å². The van der Waals surface area contributed by atoms with E-state index in [0.717, 1.165) is 32.1 Å². The van der Waals surface area contributed by atoms with Crippen molar-refractivity contribution >= 4 is 15.9 Å². The summed E-state index contributed by atoms with van der Waals surface area (Å²) in [6.45, 7) is 3.30. The summed E-state index contributed by atoms with van der Waals surface area (Å²) in [6, 6.07) is 1.69. The molecule has 1 saturated carbocycles. The summed E-state index contributed by atoms with van der Waals surface area (Å²) >= 11 is 0. The summed E-state index contributed by atoms with van der Waals surface area (Å²) in [4.78, 5) is 12.8. The zero-order valence-corrected chi connectivity index (χ0v) is 15.3. The third kappa shape index (κ3) is 3.37. The zero-order valence-electron chi connectivity index (χ0n) is 14.5. The lowest BCUT2D eigenvalue weighted by Gasteiger charge is -2.29. The Kier molecular flexibility index (Phi) is 5.01. The number of aromatic nitrogens is 1. The smallest absolute Gasteiger partial charge is 0.268 e. The second kappa shape index (κ2) is 6.88. The van der Waals surface area contributed by atoms with Gasteiger partial charge in [0.25, 0.3) is 5.91 Å². The van der Waals surface area contributed by atoms with E-state index in [4.69, 9.17) is 0 Å². The van der Waals surface area contributed by atoms with Crippen LogP contribution in [0.2, 0.25) is 0 Å². The van der Waals surface area contributed by atoms with E-state index < -0.39 is 10.0 Å². The molecule has 0 aromatic carbocycles. The number of sulfonamides is 1. The summed E-state index contributed by atoms with van der Waals surface area (Å²) in [5, 5.41) is 3.09. The number of carbonyl (C=O) groups is 1. The second-order valence-corrected chi connectivity index (χ2v) is 9.06. The number of hydrogen-bond donors (Lipinski definition) is 1. The SMILES string of the molecule is C[C@H]1CCCC[C@H]1NC(=O)c1cc(S(=O)(=O)N2CCCC2)cn1C. The first kappa shape index (κ1) is 17.5. The van der Waals surface area contributed by atoms with Gasteiger partial charge in [-0.25, -0.2) is 8.42 Å². The summed E-state index contributed by atoms with van der Waals surface area (Å²) < 4.78 is 28.4. The number of carbonyl (C=O) groups excluding carboxylic acids is 1. The van der Waals surface area contributed by atoms with Crippen LogP contribution in [-0.2, 0) is 17.1 Å². The van der Waals surface area contributed by atoms with Crippen molar-refractivity contribution in [2.24, 2.45) is 13.0 Å². The van der Waals surface area contributed by atoms with Gasteiger partial charge in [0.05, 0.1) is 0 Å². The van der Waals surface area contributed by atoms with E-state index in [1.807, 2.05) is 0 Å². The maximum Gasteiger partial charge on any atom is 0.268 e. The largest absolute Gasteiger partial charge is 0.348 e. The lowest BCUT2D eigenvalue weighted by atomic mass is 9.86. The average Bonchev–Trinajstić information content (AvgIpc) is 3.19. The Morgan fingerprint density at radius 2 is 1.83 bits per heavy atom. The Labute approximate surface area is 144 Å². The standard InChI is InChI=1S/C17H27N3O3S/c1-13-7-3-4-8-15(13)18-17(21)16-11-14(12-19(16)2)24(22,23)20-9-5-6-10-20/h11-13,15H,3-10H2,1-2H3,(H,18,21)/t13-,15+/m0/s1. The van der Waals surface area contributed by atoms with Crippen LogP contribution in [-0.4, -0.2) is 42.3 Å². The molecule has 24 heavy (non-hydrogen) atoms. The van der Waals surface area contributed by atoms with Crippen molar-refractivity contribution in [3.8, 4) is 0 Å². The van der Waals surface area contributed by atoms with Crippen molar-refractivity contribution in [1.82, 2.24) is 14.2 Å². The fourth-order valence-electron chi connectivity index (χ4n) is 3.75. The molecule has 1 N–H and O–H groups in total. The molecule has 1 aromatic rings. The topological polar surface area (TPSA) is 71.4 Å². The van der Waals surface area contributed by atoms with Gasteiger partial charge in [-0.05, 0) is 37.7 Å². The van der Waals surface area contributed by atoms with Gasteiger partial charge in [0, 0.05) is 32.4 Å². The average molecular weight is 353 g/mol. The number of nitrogens with one attached hydrogen (secondary N) is 1. The Bertz CT molecular complexity index is 705. The molecule has 1 aliphatic heterocycles. The van der Waals surface area contributed by atoms with Gasteiger partial charge in [0.2, 0.25) is 10.0 Å². The van der Waals surface area contributed by atoms with E-state index in [-0.39, 0.29) is 16.8 Å². The number of hydrogen-bond acceptors (Lipinski definition) is 3. The molecule has 0 spiro atoms. The van der Waals surface area contributed by atoms with Gasteiger partial charge in [-0.3, -0.25) is 4.79 Å². The van der Waals surface area contributed by atoms with E-state index in [2.05, 4.69) is 12.2 Å². The van der Waals surface area contributed by atoms with Gasteiger partial charge in [-0.1, -0.05) is 19.8 Å². The third-order valence-electron chi connectivity index (χ3n) is 5.34. The predicted molar refractivity (Wildman–Crippen MR) is 92.3 cm³/mol. The number of amides is 1. The molecule has 1 aliphatic carbocycles. The van der Waals surface area contributed by atoms with Crippen LogP contribution in [0.15, 0.2) is 17.2 Å². The summed E-state index contributed by atoms with van der Waals surface area (Å²) in [6.07, 6.45) is 7.83. The van der Waals surface area contributed by atoms with Crippen molar-refractivity contribution in [2.45, 2.75) is 56.4 Å². The van der Waals surface area contributed by atoms with Gasteiger partial charge >= 0.3 is 0 Å². The Hall–Kier alpha value is -1.34. The van der Waals surface area contributed by atoms with Crippen LogP contribution in [0.25, 0.3) is 0 Å². The molecule has 0 radical (unpaired) electrons. The van der Waals surface area contributed by atoms with Gasteiger partial charge in [-0.2, -0.15) is 4.31 Å². The molecule has 2 heterocycles. The first-order chi connectivity index (χ1) is 11.4. The van der Waals surface area contributed by atoms with Crippen molar-refractivity contribution in [1.29, 1.82) is 0 Å². The molecule has 1 amide bonds. The molecular weight excluding hydrogens is 326 g/mol. The van der Waals surface area contributed by atoms with E-state index in [9.17, 15) is 13.2 Å². The van der Waals surface area contributed by atoms with Crippen molar-refractivity contribution in [2.75, 3.05) is 13.1 Å². The van der Waals surface area contributed by atoms with Crippen LogP contribution in [0, 0.1) is 5.92 Å². The quantitative estimate of drug-likeness (QED) is 0.901. The number of nitrogens with zero attached hydrogens (tertiary/aromatic N) is 2. The van der Waals surface area contributed by atoms with E-state index in [1.54, 1.807) is 17.8 Å². The third-order valence-corrected chi connectivity index (χ3v) is 7.21. The number of aryl methyl sites for hydroxylation is 1. The maximum absolute atomic E-state index is 12.6. The molecule has 0 unspecified atom stereocenters. The molecule has 134 valence electrons. The van der Waals surface area contributed by atoms with Gasteiger partial charge < -0.3 is 9.88 Å². The highest BCUT2D eigenvalue weighted by Crippen LogP contribution is 2.25. The molecular formula is C17H27N3O3S. The molecule has 7 heteroatoms. The van der Waals surface area contributed by atoms with E-state index in [1.165, 1.54) is 16.8 Å². The van der Waals surface area contributed by atoms with Crippen LogP contribution < -0.4 is 5.32 Å². The summed E-state index contributed by atoms with van der Waals surface area (Å²) in [5.74, 6) is 0.287. The van der Waals surface area contributed by atoms with Crippen molar-refractivity contribution in [3.05, 3.63) is 18.0 Å². The predicted octanol–water partition coefficient (Wildman–Crippen LogP) is 2.12. The summed E-state index contributed by atoms with van der Waals surface area (Å²) in [5.41, 5.74) is 0.408. The minimum Gasteiger partial charge on any atom is -0.348 e. The lowest BCUT2D eigenvalue weighted by molar-refractivity contribution is 0.0902. The molecule has 2 fully saturated rings. The molecule has 2 atom stereocenters. The van der Waals surface area contributed by atoms with E-state index >= 15 is 0 Å². The highest BCUT2D eigenvalue weighted by atomic mass is 32.2. The number of rotatable bonds is 4. The second-order valence-electron chi connectivity index (χ2n) is 7.12. The first-order valence-corrected chi connectivity index (χ1v) is 10.3. The van der Waals surface area contributed by atoms with Crippen molar-refractivity contribution in [3.63, 3.8) is 0 Å². The van der Waals surface area contributed by atoms with Crippen molar-refractivity contribution < 1.29 is 13.2 Å². The van der Waals surface area contributed by atoms with Gasteiger partial charge in [-0.15, -0.1) is 0 Å². The molecule has 0 bridgehead atoms. The fraction of sp³-hybridized carbons (Fsp3) is 0.706. The van der Waals surface area contributed by atoms with Crippen LogP contribution in [0.1, 0.15) is 55.9 Å².